The molecule has 0 radical (unpaired) electrons. The second kappa shape index (κ2) is 11.2. The first-order valence-electron chi connectivity index (χ1n) is 11.9. The number of carbonyl (C=O) groups excluding carboxylic acids is 1. The summed E-state index contributed by atoms with van der Waals surface area (Å²) in [6, 6.07) is 12.5. The zero-order valence-electron chi connectivity index (χ0n) is 19.8. The summed E-state index contributed by atoms with van der Waals surface area (Å²) in [7, 11) is 0. The number of rotatable bonds is 7. The number of nitrogens with one attached hydrogen (secondary N) is 1. The molecule has 3 aromatic rings. The van der Waals surface area contributed by atoms with Gasteiger partial charge < -0.3 is 14.6 Å². The molecule has 1 saturated heterocycles. The van der Waals surface area contributed by atoms with E-state index in [2.05, 4.69) is 15.4 Å². The second-order valence-corrected chi connectivity index (χ2v) is 8.99. The van der Waals surface area contributed by atoms with Gasteiger partial charge in [-0.15, -0.1) is 12.4 Å². The molecular formula is C26H29ClFN5O3. The Hall–Kier alpha value is -3.27. The molecule has 1 aliphatic carbocycles. The molecule has 10 heteroatoms. The predicted octanol–water partition coefficient (Wildman–Crippen LogP) is 2.78. The minimum Gasteiger partial charge on any atom is -0.395 e. The molecule has 2 heterocycles. The highest BCUT2D eigenvalue weighted by Crippen LogP contribution is 2.38. The average Bonchev–Trinajstić information content (AvgIpc) is 3.71. The summed E-state index contributed by atoms with van der Waals surface area (Å²) in [5.74, 6) is -1.10. The van der Waals surface area contributed by atoms with Crippen LogP contribution in [-0.4, -0.2) is 66.0 Å². The highest BCUT2D eigenvalue weighted by molar-refractivity contribution is 5.98. The van der Waals surface area contributed by atoms with Crippen LogP contribution in [0, 0.1) is 5.82 Å². The van der Waals surface area contributed by atoms with E-state index in [4.69, 9.17) is 5.11 Å². The highest BCUT2D eigenvalue weighted by Gasteiger charge is 2.28. The van der Waals surface area contributed by atoms with E-state index in [-0.39, 0.29) is 36.0 Å². The summed E-state index contributed by atoms with van der Waals surface area (Å²) in [5, 5.41) is 13.3. The number of hydrogen-bond donors (Lipinski definition) is 2. The Bertz CT molecular complexity index is 1320. The number of anilines is 1. The number of carbonyl (C=O) groups is 1. The molecule has 2 fully saturated rings. The van der Waals surface area contributed by atoms with Crippen molar-refractivity contribution in [2.75, 3.05) is 44.2 Å². The van der Waals surface area contributed by atoms with Crippen molar-refractivity contribution in [2.45, 2.75) is 18.9 Å². The number of hydrazone groups is 1. The number of halogens is 2. The van der Waals surface area contributed by atoms with E-state index in [1.807, 2.05) is 39.8 Å². The fourth-order valence-electron chi connectivity index (χ4n) is 4.54. The third-order valence-electron chi connectivity index (χ3n) is 6.59. The maximum atomic E-state index is 15.2. The Labute approximate surface area is 214 Å². The second-order valence-electron chi connectivity index (χ2n) is 8.99. The Morgan fingerprint density at radius 3 is 2.53 bits per heavy atom. The van der Waals surface area contributed by atoms with Gasteiger partial charge in [0, 0.05) is 50.3 Å². The number of piperazine rings is 1. The van der Waals surface area contributed by atoms with Crippen molar-refractivity contribution in [1.29, 1.82) is 0 Å². The molecule has 1 saturated carbocycles. The Morgan fingerprint density at radius 1 is 1.14 bits per heavy atom. The van der Waals surface area contributed by atoms with Gasteiger partial charge >= 0.3 is 0 Å². The lowest BCUT2D eigenvalue weighted by Crippen LogP contribution is -2.47. The van der Waals surface area contributed by atoms with E-state index in [9.17, 15) is 9.59 Å². The van der Waals surface area contributed by atoms with Gasteiger partial charge in [-0.25, -0.2) is 9.82 Å². The minimum atomic E-state index is -0.622. The molecule has 190 valence electrons. The van der Waals surface area contributed by atoms with Gasteiger partial charge in [0.05, 0.1) is 24.0 Å². The lowest BCUT2D eigenvalue weighted by molar-refractivity contribution is 0.0953. The fraction of sp³-hybridized carbons (Fsp3) is 0.346. The van der Waals surface area contributed by atoms with E-state index >= 15 is 4.39 Å². The van der Waals surface area contributed by atoms with Crippen LogP contribution >= 0.6 is 12.4 Å². The Morgan fingerprint density at radius 2 is 1.86 bits per heavy atom. The van der Waals surface area contributed by atoms with Crippen molar-refractivity contribution in [1.82, 2.24) is 14.9 Å². The van der Waals surface area contributed by atoms with E-state index in [1.165, 1.54) is 12.3 Å². The van der Waals surface area contributed by atoms with Crippen LogP contribution in [0.25, 0.3) is 10.9 Å². The SMILES string of the molecule is Cl.O=C(N/N=C\c1ccccc1)c1cn(C2CC2)c2cc(N3CCN(CCO)CC3)c(F)cc2c1=O. The highest BCUT2D eigenvalue weighted by atomic mass is 35.5. The predicted molar refractivity (Wildman–Crippen MR) is 141 cm³/mol. The largest absolute Gasteiger partial charge is 0.395 e. The number of benzene rings is 2. The van der Waals surface area contributed by atoms with E-state index < -0.39 is 17.2 Å². The van der Waals surface area contributed by atoms with Crippen molar-refractivity contribution in [3.05, 3.63) is 75.8 Å². The number of aromatic nitrogens is 1. The summed E-state index contributed by atoms with van der Waals surface area (Å²) in [6.07, 6.45) is 4.97. The van der Waals surface area contributed by atoms with Gasteiger partial charge in [0.2, 0.25) is 5.43 Å². The van der Waals surface area contributed by atoms with Crippen molar-refractivity contribution in [3.63, 3.8) is 0 Å². The van der Waals surface area contributed by atoms with Crippen molar-refractivity contribution >= 4 is 41.1 Å². The molecule has 5 rings (SSSR count). The normalized spacial score (nSPS) is 16.3. The number of pyridine rings is 1. The van der Waals surface area contributed by atoms with Crippen LogP contribution < -0.4 is 15.8 Å². The standard InChI is InChI=1S/C26H28FN5O3.ClH/c27-22-14-20-23(15-24(22)31-10-8-30(9-11-31)12-13-33)32(19-6-7-19)17-21(25(20)34)26(35)29-28-16-18-4-2-1-3-5-18;/h1-5,14-17,19,33H,6-13H2,(H,29,35);1H/b28-16-;. The molecule has 2 aliphatic rings. The number of fused-ring (bicyclic) bond motifs is 1. The molecule has 2 aromatic carbocycles. The zero-order chi connectivity index (χ0) is 24.4. The summed E-state index contributed by atoms with van der Waals surface area (Å²) in [6.45, 7) is 3.44. The van der Waals surface area contributed by atoms with Gasteiger partial charge in [-0.1, -0.05) is 30.3 Å². The van der Waals surface area contributed by atoms with Gasteiger partial charge in [0.25, 0.3) is 5.91 Å². The molecule has 1 amide bonds. The number of hydrogen-bond acceptors (Lipinski definition) is 6. The maximum absolute atomic E-state index is 15.2. The van der Waals surface area contributed by atoms with Gasteiger partial charge in [-0.05, 0) is 30.5 Å². The van der Waals surface area contributed by atoms with Crippen molar-refractivity contribution in [2.24, 2.45) is 5.10 Å². The Balaban J connectivity index is 0.00000304. The fourth-order valence-corrected chi connectivity index (χ4v) is 4.54. The maximum Gasteiger partial charge on any atom is 0.276 e. The molecular weight excluding hydrogens is 485 g/mol. The van der Waals surface area contributed by atoms with Crippen LogP contribution in [0.3, 0.4) is 0 Å². The van der Waals surface area contributed by atoms with Crippen molar-refractivity contribution in [3.8, 4) is 0 Å². The lowest BCUT2D eigenvalue weighted by atomic mass is 10.1. The molecule has 0 unspecified atom stereocenters. The first-order chi connectivity index (χ1) is 17.0. The quantitative estimate of drug-likeness (QED) is 0.374. The van der Waals surface area contributed by atoms with Crippen LogP contribution in [0.4, 0.5) is 10.1 Å². The summed E-state index contributed by atoms with van der Waals surface area (Å²) in [5.41, 5.74) is 3.76. The van der Waals surface area contributed by atoms with Gasteiger partial charge in [-0.2, -0.15) is 5.10 Å². The first-order valence-corrected chi connectivity index (χ1v) is 11.9. The summed E-state index contributed by atoms with van der Waals surface area (Å²) >= 11 is 0. The van der Waals surface area contributed by atoms with Gasteiger partial charge in [-0.3, -0.25) is 14.5 Å². The molecule has 36 heavy (non-hydrogen) atoms. The summed E-state index contributed by atoms with van der Waals surface area (Å²) in [4.78, 5) is 30.1. The Kier molecular flexibility index (Phi) is 8.03. The van der Waals surface area contributed by atoms with Crippen LogP contribution in [0.5, 0.6) is 0 Å². The number of aliphatic hydroxyl groups is 1. The molecule has 0 bridgehead atoms. The number of β-amino-alcohol motifs (C(OH)–C–C–N with tert-alkyl or cyclic N) is 1. The van der Waals surface area contributed by atoms with Crippen LogP contribution in [0.1, 0.15) is 34.8 Å². The summed E-state index contributed by atoms with van der Waals surface area (Å²) < 4.78 is 17.2. The molecule has 0 atom stereocenters. The topological polar surface area (TPSA) is 90.2 Å². The zero-order valence-corrected chi connectivity index (χ0v) is 20.6. The minimum absolute atomic E-state index is 0. The van der Waals surface area contributed by atoms with E-state index in [0.29, 0.717) is 30.8 Å². The number of amides is 1. The third-order valence-corrected chi connectivity index (χ3v) is 6.59. The average molecular weight is 514 g/mol. The molecule has 1 aromatic heterocycles. The lowest BCUT2D eigenvalue weighted by Gasteiger charge is -2.36. The third kappa shape index (κ3) is 5.43. The molecule has 8 nitrogen and oxygen atoms in total. The van der Waals surface area contributed by atoms with E-state index in [0.717, 1.165) is 31.5 Å². The van der Waals surface area contributed by atoms with E-state index in [1.54, 1.807) is 12.3 Å². The monoisotopic (exact) mass is 513 g/mol. The van der Waals surface area contributed by atoms with Crippen molar-refractivity contribution < 1.29 is 14.3 Å². The first kappa shape index (κ1) is 25.8. The molecule has 2 N–H and O–H groups in total. The van der Waals surface area contributed by atoms with Crippen LogP contribution in [0.2, 0.25) is 0 Å². The van der Waals surface area contributed by atoms with Gasteiger partial charge in [0.15, 0.2) is 0 Å². The molecule has 1 aliphatic heterocycles. The van der Waals surface area contributed by atoms with Gasteiger partial charge in [0.1, 0.15) is 11.4 Å². The number of nitrogens with zero attached hydrogens (tertiary/aromatic N) is 4. The smallest absolute Gasteiger partial charge is 0.276 e. The molecule has 0 spiro atoms. The van der Waals surface area contributed by atoms with Crippen LogP contribution in [-0.2, 0) is 0 Å². The van der Waals surface area contributed by atoms with Crippen LogP contribution in [0.15, 0.2) is 58.6 Å². The number of aliphatic hydroxyl groups excluding tert-OH is 1.